The molecule has 0 radical (unpaired) electrons. The highest BCUT2D eigenvalue weighted by Gasteiger charge is 2.39. The number of aromatic nitrogens is 1. The first-order valence-corrected chi connectivity index (χ1v) is 7.80. The number of thioether (sulfide) groups is 1. The molecule has 0 bridgehead atoms. The zero-order chi connectivity index (χ0) is 14.9. The van der Waals surface area contributed by atoms with Crippen LogP contribution in [-0.4, -0.2) is 32.9 Å². The number of rotatable bonds is 7. The van der Waals surface area contributed by atoms with Crippen LogP contribution in [0.25, 0.3) is 0 Å². The van der Waals surface area contributed by atoms with Gasteiger partial charge in [-0.3, -0.25) is 10.1 Å². The number of nitrogens with one attached hydrogen (secondary N) is 1. The number of carboxylic acids is 1. The molecule has 1 aromatic heterocycles. The summed E-state index contributed by atoms with van der Waals surface area (Å²) >= 11 is 1.49. The zero-order valence-corrected chi connectivity index (χ0v) is 13.2. The van der Waals surface area contributed by atoms with Crippen molar-refractivity contribution in [1.82, 2.24) is 10.3 Å². The van der Waals surface area contributed by atoms with Crippen molar-refractivity contribution >= 4 is 17.7 Å². The summed E-state index contributed by atoms with van der Waals surface area (Å²) in [6.45, 7) is 7.56. The average Bonchev–Trinajstić information content (AvgIpc) is 3.05. The first kappa shape index (κ1) is 15.4. The van der Waals surface area contributed by atoms with Gasteiger partial charge in [0.1, 0.15) is 11.3 Å². The SMILES string of the molecule is Cc1nc(SC(C)CC(C)(NC2CC2)C(=O)O)oc1C. The lowest BCUT2D eigenvalue weighted by atomic mass is 9.96. The number of aliphatic carboxylic acids is 1. The summed E-state index contributed by atoms with van der Waals surface area (Å²) < 4.78 is 5.54. The Balaban J connectivity index is 1.97. The highest BCUT2D eigenvalue weighted by molar-refractivity contribution is 7.99. The van der Waals surface area contributed by atoms with Crippen LogP contribution in [0.1, 0.15) is 44.6 Å². The Kier molecular flexibility index (Phi) is 4.44. The lowest BCUT2D eigenvalue weighted by Crippen LogP contribution is -2.51. The molecule has 1 aliphatic carbocycles. The molecule has 0 aliphatic heterocycles. The van der Waals surface area contributed by atoms with Crippen LogP contribution < -0.4 is 5.32 Å². The minimum absolute atomic E-state index is 0.111. The Bertz CT molecular complexity index is 479. The molecule has 5 nitrogen and oxygen atoms in total. The van der Waals surface area contributed by atoms with Crippen molar-refractivity contribution in [3.05, 3.63) is 11.5 Å². The Morgan fingerprint density at radius 1 is 1.60 bits per heavy atom. The van der Waals surface area contributed by atoms with Gasteiger partial charge in [0.25, 0.3) is 5.22 Å². The fraction of sp³-hybridized carbons (Fsp3) is 0.714. The molecule has 0 spiro atoms. The third-order valence-electron chi connectivity index (χ3n) is 3.58. The van der Waals surface area contributed by atoms with E-state index in [4.69, 9.17) is 4.42 Å². The van der Waals surface area contributed by atoms with Gasteiger partial charge in [0.05, 0.1) is 5.69 Å². The average molecular weight is 298 g/mol. The standard InChI is InChI=1S/C14H22N2O3S/c1-8(20-13-15-9(2)10(3)19-13)7-14(4,12(17)18)16-11-5-6-11/h8,11,16H,5-7H2,1-4H3,(H,17,18). The molecular weight excluding hydrogens is 276 g/mol. The summed E-state index contributed by atoms with van der Waals surface area (Å²) in [5, 5.41) is 13.4. The van der Waals surface area contributed by atoms with E-state index in [9.17, 15) is 9.90 Å². The molecule has 20 heavy (non-hydrogen) atoms. The number of carboxylic acid groups (broad SMARTS) is 1. The van der Waals surface area contributed by atoms with Gasteiger partial charge in [-0.1, -0.05) is 18.7 Å². The smallest absolute Gasteiger partial charge is 0.323 e. The van der Waals surface area contributed by atoms with Crippen LogP contribution in [-0.2, 0) is 4.79 Å². The molecule has 2 unspecified atom stereocenters. The first-order chi connectivity index (χ1) is 9.30. The van der Waals surface area contributed by atoms with E-state index in [0.29, 0.717) is 17.7 Å². The van der Waals surface area contributed by atoms with Crippen molar-refractivity contribution in [2.75, 3.05) is 0 Å². The summed E-state index contributed by atoms with van der Waals surface area (Å²) in [6.07, 6.45) is 2.68. The van der Waals surface area contributed by atoms with Gasteiger partial charge in [-0.15, -0.1) is 0 Å². The molecule has 1 heterocycles. The van der Waals surface area contributed by atoms with Gasteiger partial charge in [0, 0.05) is 11.3 Å². The van der Waals surface area contributed by atoms with Gasteiger partial charge in [-0.05, 0) is 40.0 Å². The third kappa shape index (κ3) is 3.76. The van der Waals surface area contributed by atoms with Crippen LogP contribution in [0.4, 0.5) is 0 Å². The molecule has 2 N–H and O–H groups in total. The number of oxazole rings is 1. The summed E-state index contributed by atoms with van der Waals surface area (Å²) in [5.74, 6) is 0.0217. The van der Waals surface area contributed by atoms with Crippen LogP contribution in [0.2, 0.25) is 0 Å². The number of hydrogen-bond donors (Lipinski definition) is 2. The lowest BCUT2D eigenvalue weighted by Gasteiger charge is -2.28. The van der Waals surface area contributed by atoms with Crippen molar-refractivity contribution < 1.29 is 14.3 Å². The largest absolute Gasteiger partial charge is 0.480 e. The predicted octanol–water partition coefficient (Wildman–Crippen LogP) is 2.76. The van der Waals surface area contributed by atoms with Gasteiger partial charge in [0.2, 0.25) is 0 Å². The van der Waals surface area contributed by atoms with E-state index in [1.165, 1.54) is 11.8 Å². The Morgan fingerprint density at radius 2 is 2.25 bits per heavy atom. The highest BCUT2D eigenvalue weighted by Crippen LogP contribution is 2.31. The van der Waals surface area contributed by atoms with Crippen LogP contribution in [0.15, 0.2) is 9.64 Å². The third-order valence-corrected chi connectivity index (χ3v) is 4.52. The van der Waals surface area contributed by atoms with Gasteiger partial charge in [-0.25, -0.2) is 4.98 Å². The molecule has 0 aromatic carbocycles. The molecule has 1 fully saturated rings. The van der Waals surface area contributed by atoms with E-state index in [0.717, 1.165) is 24.3 Å². The van der Waals surface area contributed by atoms with E-state index in [-0.39, 0.29) is 5.25 Å². The van der Waals surface area contributed by atoms with E-state index in [1.54, 1.807) is 6.92 Å². The predicted molar refractivity (Wildman–Crippen MR) is 78.1 cm³/mol. The topological polar surface area (TPSA) is 75.4 Å². The summed E-state index contributed by atoms with van der Waals surface area (Å²) in [5.41, 5.74) is 0.00127. The summed E-state index contributed by atoms with van der Waals surface area (Å²) in [4.78, 5) is 15.8. The lowest BCUT2D eigenvalue weighted by molar-refractivity contribution is -0.144. The summed E-state index contributed by atoms with van der Waals surface area (Å²) in [6, 6.07) is 0.361. The summed E-state index contributed by atoms with van der Waals surface area (Å²) in [7, 11) is 0. The number of aryl methyl sites for hydroxylation is 2. The Labute approximate surface area is 123 Å². The van der Waals surface area contributed by atoms with Crippen molar-refractivity contribution in [2.24, 2.45) is 0 Å². The monoisotopic (exact) mass is 298 g/mol. The second-order valence-electron chi connectivity index (χ2n) is 5.81. The fourth-order valence-electron chi connectivity index (χ4n) is 2.17. The Morgan fingerprint density at radius 3 is 2.70 bits per heavy atom. The van der Waals surface area contributed by atoms with Gasteiger partial charge < -0.3 is 9.52 Å². The molecular formula is C14H22N2O3S. The molecule has 1 saturated carbocycles. The fourth-order valence-corrected chi connectivity index (χ4v) is 3.29. The second kappa shape index (κ2) is 5.77. The molecule has 2 atom stereocenters. The minimum Gasteiger partial charge on any atom is -0.480 e. The number of carbonyl (C=O) groups is 1. The molecule has 1 aliphatic rings. The van der Waals surface area contributed by atoms with Crippen molar-refractivity contribution in [1.29, 1.82) is 0 Å². The quantitative estimate of drug-likeness (QED) is 0.754. The maximum Gasteiger partial charge on any atom is 0.323 e. The number of nitrogens with zero attached hydrogens (tertiary/aromatic N) is 1. The van der Waals surface area contributed by atoms with Crippen LogP contribution >= 0.6 is 11.8 Å². The second-order valence-corrected chi connectivity index (χ2v) is 7.20. The molecule has 0 saturated heterocycles. The van der Waals surface area contributed by atoms with Gasteiger partial charge >= 0.3 is 5.97 Å². The van der Waals surface area contributed by atoms with E-state index >= 15 is 0 Å². The maximum atomic E-state index is 11.5. The zero-order valence-electron chi connectivity index (χ0n) is 12.4. The van der Waals surface area contributed by atoms with Gasteiger partial charge in [0.15, 0.2) is 0 Å². The minimum atomic E-state index is -0.885. The van der Waals surface area contributed by atoms with E-state index < -0.39 is 11.5 Å². The molecule has 0 amide bonds. The Hall–Kier alpha value is -1.01. The molecule has 6 heteroatoms. The molecule has 1 aromatic rings. The number of hydrogen-bond acceptors (Lipinski definition) is 5. The van der Waals surface area contributed by atoms with Crippen LogP contribution in [0.5, 0.6) is 0 Å². The highest BCUT2D eigenvalue weighted by atomic mass is 32.2. The van der Waals surface area contributed by atoms with Crippen LogP contribution in [0, 0.1) is 13.8 Å². The normalized spacial score (nSPS) is 19.6. The van der Waals surface area contributed by atoms with Crippen LogP contribution in [0.3, 0.4) is 0 Å². The molecule has 2 rings (SSSR count). The van der Waals surface area contributed by atoms with Crippen molar-refractivity contribution in [3.8, 4) is 0 Å². The van der Waals surface area contributed by atoms with Crippen molar-refractivity contribution in [3.63, 3.8) is 0 Å². The molecule has 112 valence electrons. The van der Waals surface area contributed by atoms with E-state index in [1.807, 2.05) is 20.8 Å². The maximum absolute atomic E-state index is 11.5. The van der Waals surface area contributed by atoms with Gasteiger partial charge in [-0.2, -0.15) is 0 Å². The van der Waals surface area contributed by atoms with Crippen molar-refractivity contribution in [2.45, 2.75) is 69.0 Å². The first-order valence-electron chi connectivity index (χ1n) is 6.92. The van der Waals surface area contributed by atoms with E-state index in [2.05, 4.69) is 10.3 Å².